The van der Waals surface area contributed by atoms with E-state index in [0.29, 0.717) is 16.0 Å². The second kappa shape index (κ2) is 5.60. The van der Waals surface area contributed by atoms with Gasteiger partial charge in [-0.3, -0.25) is 0 Å². The molecule has 2 rings (SSSR count). The SMILES string of the molecule is COCCC1(CNc2cccc(Cl)c2C#N)CC1. The molecule has 1 aliphatic carbocycles. The number of methoxy groups -OCH3 is 1. The molecule has 1 N–H and O–H groups in total. The normalized spacial score (nSPS) is 16.1. The van der Waals surface area contributed by atoms with Crippen LogP contribution in [0, 0.1) is 16.7 Å². The van der Waals surface area contributed by atoms with Crippen LogP contribution in [0.25, 0.3) is 0 Å². The van der Waals surface area contributed by atoms with Gasteiger partial charge in [0.25, 0.3) is 0 Å². The van der Waals surface area contributed by atoms with E-state index in [0.717, 1.165) is 25.3 Å². The predicted molar refractivity (Wildman–Crippen MR) is 72.8 cm³/mol. The summed E-state index contributed by atoms with van der Waals surface area (Å²) < 4.78 is 5.13. The van der Waals surface area contributed by atoms with E-state index >= 15 is 0 Å². The van der Waals surface area contributed by atoms with Gasteiger partial charge in [0.1, 0.15) is 6.07 Å². The third kappa shape index (κ3) is 2.95. The molecular weight excluding hydrogens is 248 g/mol. The number of rotatable bonds is 6. The number of ether oxygens (including phenoxy) is 1. The Hall–Kier alpha value is -1.24. The highest BCUT2D eigenvalue weighted by atomic mass is 35.5. The molecule has 3 nitrogen and oxygen atoms in total. The van der Waals surface area contributed by atoms with Gasteiger partial charge in [0.2, 0.25) is 0 Å². The van der Waals surface area contributed by atoms with Gasteiger partial charge in [-0.2, -0.15) is 5.26 Å². The molecule has 1 aromatic rings. The maximum atomic E-state index is 9.09. The Morgan fingerprint density at radius 2 is 2.28 bits per heavy atom. The summed E-state index contributed by atoms with van der Waals surface area (Å²) in [5.74, 6) is 0. The number of hydrogen-bond donors (Lipinski definition) is 1. The molecular formula is C14H17ClN2O. The minimum atomic E-state index is 0.352. The van der Waals surface area contributed by atoms with E-state index in [2.05, 4.69) is 11.4 Å². The third-order valence-corrected chi connectivity index (χ3v) is 3.89. The van der Waals surface area contributed by atoms with Crippen molar-refractivity contribution in [2.24, 2.45) is 5.41 Å². The van der Waals surface area contributed by atoms with E-state index in [1.165, 1.54) is 12.8 Å². The first-order valence-electron chi connectivity index (χ1n) is 6.12. The average molecular weight is 265 g/mol. The van der Waals surface area contributed by atoms with E-state index in [1.807, 2.05) is 12.1 Å². The lowest BCUT2D eigenvalue weighted by atomic mass is 10.0. The van der Waals surface area contributed by atoms with Crippen molar-refractivity contribution in [2.75, 3.05) is 25.6 Å². The summed E-state index contributed by atoms with van der Waals surface area (Å²) in [6.45, 7) is 1.67. The standard InChI is InChI=1S/C14H17ClN2O/c1-18-8-7-14(5-6-14)10-17-13-4-2-3-12(15)11(13)9-16/h2-4,17H,5-8,10H2,1H3. The second-order valence-corrected chi connectivity index (χ2v) is 5.28. The van der Waals surface area contributed by atoms with Gasteiger partial charge in [-0.25, -0.2) is 0 Å². The first kappa shape index (κ1) is 13.2. The van der Waals surface area contributed by atoms with Gasteiger partial charge < -0.3 is 10.1 Å². The fraction of sp³-hybridized carbons (Fsp3) is 0.500. The van der Waals surface area contributed by atoms with E-state index in [4.69, 9.17) is 21.6 Å². The molecule has 0 atom stereocenters. The van der Waals surface area contributed by atoms with Crippen LogP contribution in [0.3, 0.4) is 0 Å². The van der Waals surface area contributed by atoms with Crippen molar-refractivity contribution in [3.8, 4) is 6.07 Å². The highest BCUT2D eigenvalue weighted by Gasteiger charge is 2.41. The largest absolute Gasteiger partial charge is 0.385 e. The summed E-state index contributed by atoms with van der Waals surface area (Å²) in [4.78, 5) is 0. The maximum absolute atomic E-state index is 9.09. The van der Waals surface area contributed by atoms with Crippen LogP contribution < -0.4 is 5.32 Å². The molecule has 0 aromatic heterocycles. The Morgan fingerprint density at radius 1 is 1.50 bits per heavy atom. The zero-order valence-corrected chi connectivity index (χ0v) is 11.3. The molecule has 0 heterocycles. The van der Waals surface area contributed by atoms with E-state index < -0.39 is 0 Å². The molecule has 96 valence electrons. The second-order valence-electron chi connectivity index (χ2n) is 4.87. The molecule has 0 spiro atoms. The number of benzene rings is 1. The summed E-state index contributed by atoms with van der Waals surface area (Å²) in [5.41, 5.74) is 1.71. The summed E-state index contributed by atoms with van der Waals surface area (Å²) >= 11 is 6.00. The lowest BCUT2D eigenvalue weighted by Gasteiger charge is -2.17. The maximum Gasteiger partial charge on any atom is 0.103 e. The molecule has 4 heteroatoms. The van der Waals surface area contributed by atoms with Crippen LogP contribution in [-0.2, 0) is 4.74 Å². The number of nitriles is 1. The van der Waals surface area contributed by atoms with Crippen molar-refractivity contribution in [3.05, 3.63) is 28.8 Å². The highest BCUT2D eigenvalue weighted by molar-refractivity contribution is 6.32. The smallest absolute Gasteiger partial charge is 0.103 e. The highest BCUT2D eigenvalue weighted by Crippen LogP contribution is 2.48. The first-order valence-corrected chi connectivity index (χ1v) is 6.50. The molecule has 18 heavy (non-hydrogen) atoms. The van der Waals surface area contributed by atoms with Crippen LogP contribution in [0.15, 0.2) is 18.2 Å². The van der Waals surface area contributed by atoms with Crippen molar-refractivity contribution in [2.45, 2.75) is 19.3 Å². The van der Waals surface area contributed by atoms with Gasteiger partial charge in [-0.05, 0) is 36.8 Å². The predicted octanol–water partition coefficient (Wildman–Crippen LogP) is 3.44. The van der Waals surface area contributed by atoms with Crippen molar-refractivity contribution < 1.29 is 4.74 Å². The monoisotopic (exact) mass is 264 g/mol. The quantitative estimate of drug-likeness (QED) is 0.856. The number of nitrogens with zero attached hydrogens (tertiary/aromatic N) is 1. The zero-order valence-electron chi connectivity index (χ0n) is 10.5. The fourth-order valence-electron chi connectivity index (χ4n) is 2.08. The van der Waals surface area contributed by atoms with Crippen LogP contribution in [-0.4, -0.2) is 20.3 Å². The minimum absolute atomic E-state index is 0.352. The molecule has 0 radical (unpaired) electrons. The molecule has 1 aliphatic rings. The van der Waals surface area contributed by atoms with E-state index in [1.54, 1.807) is 13.2 Å². The molecule has 0 aliphatic heterocycles. The third-order valence-electron chi connectivity index (χ3n) is 3.57. The average Bonchev–Trinajstić information content (AvgIpc) is 3.15. The van der Waals surface area contributed by atoms with Crippen LogP contribution in [0.5, 0.6) is 0 Å². The Labute approximate surface area is 113 Å². The van der Waals surface area contributed by atoms with Crippen LogP contribution in [0.4, 0.5) is 5.69 Å². The van der Waals surface area contributed by atoms with Crippen molar-refractivity contribution in [1.29, 1.82) is 5.26 Å². The Kier molecular flexibility index (Phi) is 4.11. The number of anilines is 1. The summed E-state index contributed by atoms with van der Waals surface area (Å²) in [7, 11) is 1.73. The summed E-state index contributed by atoms with van der Waals surface area (Å²) in [5, 5.41) is 12.9. The van der Waals surface area contributed by atoms with Crippen molar-refractivity contribution >= 4 is 17.3 Å². The van der Waals surface area contributed by atoms with Crippen LogP contribution in [0.2, 0.25) is 5.02 Å². The number of nitrogens with one attached hydrogen (secondary N) is 1. The fourth-order valence-corrected chi connectivity index (χ4v) is 2.30. The van der Waals surface area contributed by atoms with Gasteiger partial charge in [-0.1, -0.05) is 17.7 Å². The molecule has 0 saturated heterocycles. The Morgan fingerprint density at radius 3 is 2.89 bits per heavy atom. The number of halogens is 1. The summed E-state index contributed by atoms with van der Waals surface area (Å²) in [6, 6.07) is 7.64. The summed E-state index contributed by atoms with van der Waals surface area (Å²) in [6.07, 6.45) is 3.52. The molecule has 0 amide bonds. The van der Waals surface area contributed by atoms with Gasteiger partial charge in [0.05, 0.1) is 16.3 Å². The van der Waals surface area contributed by atoms with Gasteiger partial charge in [0, 0.05) is 20.3 Å². The van der Waals surface area contributed by atoms with Gasteiger partial charge in [0.15, 0.2) is 0 Å². The lowest BCUT2D eigenvalue weighted by molar-refractivity contribution is 0.175. The first-order chi connectivity index (χ1) is 8.71. The molecule has 1 aromatic carbocycles. The van der Waals surface area contributed by atoms with Gasteiger partial charge >= 0.3 is 0 Å². The molecule has 1 fully saturated rings. The molecule has 0 bridgehead atoms. The number of hydrogen-bond acceptors (Lipinski definition) is 3. The van der Waals surface area contributed by atoms with Crippen molar-refractivity contribution in [1.82, 2.24) is 0 Å². The zero-order chi connectivity index (χ0) is 13.0. The van der Waals surface area contributed by atoms with E-state index in [9.17, 15) is 0 Å². The molecule has 0 unspecified atom stereocenters. The van der Waals surface area contributed by atoms with Crippen LogP contribution >= 0.6 is 11.6 Å². The minimum Gasteiger partial charge on any atom is -0.385 e. The van der Waals surface area contributed by atoms with Gasteiger partial charge in [-0.15, -0.1) is 0 Å². The Balaban J connectivity index is 1.99. The van der Waals surface area contributed by atoms with Crippen molar-refractivity contribution in [3.63, 3.8) is 0 Å². The van der Waals surface area contributed by atoms with Crippen LogP contribution in [0.1, 0.15) is 24.8 Å². The lowest BCUT2D eigenvalue weighted by Crippen LogP contribution is -2.17. The topological polar surface area (TPSA) is 45.0 Å². The van der Waals surface area contributed by atoms with E-state index in [-0.39, 0.29) is 0 Å². The Bertz CT molecular complexity index is 463. The molecule has 1 saturated carbocycles.